The Morgan fingerprint density at radius 2 is 2.00 bits per heavy atom. The zero-order valence-corrected chi connectivity index (χ0v) is 13.7. The summed E-state index contributed by atoms with van der Waals surface area (Å²) >= 11 is 0. The number of H-pyrrole nitrogens is 1. The molecule has 2 N–H and O–H groups in total. The fourth-order valence-corrected chi connectivity index (χ4v) is 2.62. The Hall–Kier alpha value is -3.68. The van der Waals surface area contributed by atoms with Crippen LogP contribution in [0.25, 0.3) is 5.78 Å². The smallest absolute Gasteiger partial charge is 0.292 e. The normalized spacial score (nSPS) is 10.9. The summed E-state index contributed by atoms with van der Waals surface area (Å²) in [5, 5.41) is 7.02. The van der Waals surface area contributed by atoms with Crippen molar-refractivity contribution in [2.45, 2.75) is 12.8 Å². The van der Waals surface area contributed by atoms with Crippen LogP contribution in [-0.4, -0.2) is 25.5 Å². The van der Waals surface area contributed by atoms with Crippen LogP contribution in [0.4, 0.5) is 5.82 Å². The Morgan fingerprint density at radius 1 is 1.15 bits per heavy atom. The summed E-state index contributed by atoms with van der Waals surface area (Å²) in [5.41, 5.74) is 0.792. The molecular formula is C18H15N5O3. The Bertz CT molecular complexity index is 1100. The summed E-state index contributed by atoms with van der Waals surface area (Å²) in [4.78, 5) is 31.0. The van der Waals surface area contributed by atoms with E-state index in [0.717, 1.165) is 6.42 Å². The molecule has 0 unspecified atom stereocenters. The number of rotatable bonds is 5. The van der Waals surface area contributed by atoms with Crippen LogP contribution in [0.3, 0.4) is 0 Å². The number of fused-ring (bicyclic) bond motifs is 1. The molecule has 0 aliphatic rings. The molecule has 0 aliphatic carbocycles. The van der Waals surface area contributed by atoms with Crippen molar-refractivity contribution in [3.05, 3.63) is 82.3 Å². The largest absolute Gasteiger partial charge is 0.459 e. The van der Waals surface area contributed by atoms with Gasteiger partial charge in [0.05, 0.1) is 6.26 Å². The molecule has 26 heavy (non-hydrogen) atoms. The molecule has 0 fully saturated rings. The second-order valence-corrected chi connectivity index (χ2v) is 5.70. The number of nitrogens with zero attached hydrogens (tertiary/aromatic N) is 3. The lowest BCUT2D eigenvalue weighted by Crippen LogP contribution is -2.18. The molecule has 0 spiro atoms. The van der Waals surface area contributed by atoms with Crippen molar-refractivity contribution in [3.63, 3.8) is 0 Å². The predicted molar refractivity (Wildman–Crippen MR) is 94.1 cm³/mol. The third-order valence-corrected chi connectivity index (χ3v) is 3.85. The van der Waals surface area contributed by atoms with Gasteiger partial charge >= 0.3 is 0 Å². The maximum absolute atomic E-state index is 12.2. The first-order valence-corrected chi connectivity index (χ1v) is 8.07. The average Bonchev–Trinajstić information content (AvgIpc) is 3.30. The van der Waals surface area contributed by atoms with Gasteiger partial charge < -0.3 is 9.73 Å². The van der Waals surface area contributed by atoms with Gasteiger partial charge in [0, 0.05) is 12.5 Å². The third-order valence-electron chi connectivity index (χ3n) is 3.85. The number of amides is 1. The molecule has 4 aromatic rings. The average molecular weight is 349 g/mol. The maximum atomic E-state index is 12.2. The van der Waals surface area contributed by atoms with E-state index >= 15 is 0 Å². The number of hydrogen-bond donors (Lipinski definition) is 2. The van der Waals surface area contributed by atoms with E-state index in [0.29, 0.717) is 12.2 Å². The van der Waals surface area contributed by atoms with E-state index < -0.39 is 5.91 Å². The number of anilines is 1. The van der Waals surface area contributed by atoms with Gasteiger partial charge in [-0.25, -0.2) is 0 Å². The first kappa shape index (κ1) is 15.8. The maximum Gasteiger partial charge on any atom is 0.292 e. The lowest BCUT2D eigenvalue weighted by molar-refractivity contribution is 0.0996. The molecule has 8 nitrogen and oxygen atoms in total. The van der Waals surface area contributed by atoms with E-state index in [9.17, 15) is 9.59 Å². The molecule has 1 amide bonds. The number of carbonyl (C=O) groups is 1. The fraction of sp³-hybridized carbons (Fsp3) is 0.111. The van der Waals surface area contributed by atoms with E-state index in [-0.39, 0.29) is 22.9 Å². The lowest BCUT2D eigenvalue weighted by Gasteiger charge is -2.04. The Labute approximate surface area is 147 Å². The molecule has 3 heterocycles. The van der Waals surface area contributed by atoms with Crippen molar-refractivity contribution in [1.29, 1.82) is 0 Å². The Balaban J connectivity index is 1.60. The van der Waals surface area contributed by atoms with E-state index in [1.807, 2.05) is 30.3 Å². The number of hydrogen-bond acceptors (Lipinski definition) is 5. The Morgan fingerprint density at radius 3 is 2.77 bits per heavy atom. The summed E-state index contributed by atoms with van der Waals surface area (Å²) in [5.74, 6) is 0.745. The molecule has 4 rings (SSSR count). The lowest BCUT2D eigenvalue weighted by atomic mass is 10.1. The van der Waals surface area contributed by atoms with Crippen LogP contribution in [0.1, 0.15) is 21.9 Å². The van der Waals surface area contributed by atoms with Crippen molar-refractivity contribution in [3.8, 4) is 0 Å². The van der Waals surface area contributed by atoms with Gasteiger partial charge in [0.1, 0.15) is 5.82 Å². The summed E-state index contributed by atoms with van der Waals surface area (Å²) in [6.45, 7) is 0. The second kappa shape index (κ2) is 6.67. The molecule has 8 heteroatoms. The van der Waals surface area contributed by atoms with Crippen molar-refractivity contribution in [1.82, 2.24) is 19.6 Å². The van der Waals surface area contributed by atoms with Gasteiger partial charge in [-0.05, 0) is 24.1 Å². The van der Waals surface area contributed by atoms with Gasteiger partial charge in [0.15, 0.2) is 11.6 Å². The minimum atomic E-state index is -0.469. The van der Waals surface area contributed by atoms with Crippen LogP contribution in [0.15, 0.2) is 64.0 Å². The van der Waals surface area contributed by atoms with Crippen LogP contribution >= 0.6 is 0 Å². The molecular weight excluding hydrogens is 334 g/mol. The van der Waals surface area contributed by atoms with Gasteiger partial charge in [0.2, 0.25) is 5.78 Å². The van der Waals surface area contributed by atoms with Crippen LogP contribution in [0.5, 0.6) is 0 Å². The highest BCUT2D eigenvalue weighted by Gasteiger charge is 2.14. The van der Waals surface area contributed by atoms with E-state index in [1.165, 1.54) is 28.5 Å². The second-order valence-electron chi connectivity index (χ2n) is 5.70. The minimum absolute atomic E-state index is 0.142. The number of furan rings is 1. The number of aromatic nitrogens is 4. The van der Waals surface area contributed by atoms with Gasteiger partial charge in [0.25, 0.3) is 11.5 Å². The molecule has 0 atom stereocenters. The van der Waals surface area contributed by atoms with Crippen molar-refractivity contribution >= 4 is 17.5 Å². The first-order valence-electron chi connectivity index (χ1n) is 8.07. The van der Waals surface area contributed by atoms with Crippen molar-refractivity contribution in [2.75, 3.05) is 5.32 Å². The van der Waals surface area contributed by atoms with E-state index in [1.54, 1.807) is 6.07 Å². The number of aromatic amines is 1. The van der Waals surface area contributed by atoms with Crippen LogP contribution in [0, 0.1) is 0 Å². The predicted octanol–water partition coefficient (Wildman–Crippen LogP) is 2.05. The van der Waals surface area contributed by atoms with Gasteiger partial charge in [-0.3, -0.25) is 14.6 Å². The monoisotopic (exact) mass is 349 g/mol. The molecule has 0 radical (unpaired) electrons. The molecule has 1 aromatic carbocycles. The van der Waals surface area contributed by atoms with E-state index in [2.05, 4.69) is 20.4 Å². The van der Waals surface area contributed by atoms with Gasteiger partial charge in [-0.15, -0.1) is 5.10 Å². The molecule has 0 aliphatic heterocycles. The summed E-state index contributed by atoms with van der Waals surface area (Å²) in [7, 11) is 0. The van der Waals surface area contributed by atoms with Crippen LogP contribution in [-0.2, 0) is 12.8 Å². The molecule has 130 valence electrons. The highest BCUT2D eigenvalue weighted by Crippen LogP contribution is 2.11. The summed E-state index contributed by atoms with van der Waals surface area (Å²) < 4.78 is 6.46. The van der Waals surface area contributed by atoms with Gasteiger partial charge in [-0.1, -0.05) is 30.3 Å². The highest BCUT2D eigenvalue weighted by molar-refractivity contribution is 6.01. The molecule has 0 saturated heterocycles. The third kappa shape index (κ3) is 3.25. The summed E-state index contributed by atoms with van der Waals surface area (Å²) in [6.07, 6.45) is 2.79. The first-order chi connectivity index (χ1) is 12.7. The fourth-order valence-electron chi connectivity index (χ4n) is 2.62. The number of aryl methyl sites for hydroxylation is 2. The minimum Gasteiger partial charge on any atom is -0.459 e. The van der Waals surface area contributed by atoms with Gasteiger partial charge in [-0.2, -0.15) is 9.50 Å². The molecule has 3 aromatic heterocycles. The topological polar surface area (TPSA) is 105 Å². The SMILES string of the molecule is O=C(Nc1cc(=O)[nH]c2nc(CCc3ccccc3)nn12)c1ccco1. The van der Waals surface area contributed by atoms with Crippen LogP contribution in [0.2, 0.25) is 0 Å². The number of benzene rings is 1. The molecule has 0 bridgehead atoms. The molecule has 0 saturated carbocycles. The quantitative estimate of drug-likeness (QED) is 0.574. The van der Waals surface area contributed by atoms with Crippen LogP contribution < -0.4 is 10.9 Å². The number of carbonyl (C=O) groups excluding carboxylic acids is 1. The number of nitrogens with one attached hydrogen (secondary N) is 2. The highest BCUT2D eigenvalue weighted by atomic mass is 16.3. The van der Waals surface area contributed by atoms with E-state index in [4.69, 9.17) is 4.42 Å². The standard InChI is InChI=1S/C18H15N5O3/c24-16-11-15(20-17(25)13-7-4-10-26-13)23-18(21-16)19-14(22-23)9-8-12-5-2-1-3-6-12/h1-7,10-11H,8-9H2,(H,20,25)(H,19,21,22,24). The van der Waals surface area contributed by atoms with Crippen molar-refractivity contribution < 1.29 is 9.21 Å². The van der Waals surface area contributed by atoms with Crippen molar-refractivity contribution in [2.24, 2.45) is 0 Å². The summed E-state index contributed by atoms with van der Waals surface area (Å²) in [6, 6.07) is 14.4. The Kier molecular flexibility index (Phi) is 4.06. The zero-order valence-electron chi connectivity index (χ0n) is 13.7. The zero-order chi connectivity index (χ0) is 17.9.